The molecular formula is C11H21NO3. The normalized spacial score (nSPS) is 13.6. The van der Waals surface area contributed by atoms with E-state index in [0.717, 1.165) is 6.42 Å². The number of hydrogen-bond donors (Lipinski definition) is 2. The van der Waals surface area contributed by atoms with Crippen molar-refractivity contribution in [3.05, 3.63) is 0 Å². The van der Waals surface area contributed by atoms with E-state index in [1.165, 1.54) is 0 Å². The molecule has 0 saturated carbocycles. The summed E-state index contributed by atoms with van der Waals surface area (Å²) in [6, 6.07) is 0. The third-order valence-corrected chi connectivity index (χ3v) is 2.30. The largest absolute Gasteiger partial charge is 0.481 e. The second-order valence-electron chi connectivity index (χ2n) is 4.79. The molecule has 0 saturated heterocycles. The third kappa shape index (κ3) is 4.93. The Kier molecular flexibility index (Phi) is 5.50. The minimum atomic E-state index is -1.02. The Morgan fingerprint density at radius 1 is 1.27 bits per heavy atom. The molecule has 0 rings (SSSR count). The van der Waals surface area contributed by atoms with E-state index in [0.29, 0.717) is 19.4 Å². The van der Waals surface area contributed by atoms with Crippen molar-refractivity contribution in [2.24, 2.45) is 17.1 Å². The number of rotatable bonds is 6. The fourth-order valence-corrected chi connectivity index (χ4v) is 1.38. The SMILES string of the molecule is CC(C)(C)C(=O)C(CCCCN)C(=O)O. The maximum absolute atomic E-state index is 11.8. The summed E-state index contributed by atoms with van der Waals surface area (Å²) in [6.07, 6.45) is 1.85. The van der Waals surface area contributed by atoms with Crippen LogP contribution in [0.25, 0.3) is 0 Å². The standard InChI is InChI=1S/C11H21NO3/c1-11(2,3)9(13)8(10(14)15)6-4-5-7-12/h8H,4-7,12H2,1-3H3,(H,14,15). The van der Waals surface area contributed by atoms with Gasteiger partial charge in [0.25, 0.3) is 0 Å². The van der Waals surface area contributed by atoms with Gasteiger partial charge >= 0.3 is 5.97 Å². The first-order valence-corrected chi connectivity index (χ1v) is 5.28. The highest BCUT2D eigenvalue weighted by molar-refractivity contribution is 6.00. The number of Topliss-reactive ketones (excluding diaryl/α,β-unsaturated/α-hetero) is 1. The lowest BCUT2D eigenvalue weighted by Crippen LogP contribution is -2.33. The van der Waals surface area contributed by atoms with Crippen LogP contribution >= 0.6 is 0 Å². The first-order chi connectivity index (χ1) is 6.80. The minimum absolute atomic E-state index is 0.202. The average molecular weight is 215 g/mol. The molecule has 1 unspecified atom stereocenters. The first kappa shape index (κ1) is 14.1. The molecule has 15 heavy (non-hydrogen) atoms. The van der Waals surface area contributed by atoms with Crippen LogP contribution < -0.4 is 5.73 Å². The zero-order valence-corrected chi connectivity index (χ0v) is 9.75. The van der Waals surface area contributed by atoms with E-state index >= 15 is 0 Å². The molecule has 0 amide bonds. The monoisotopic (exact) mass is 215 g/mol. The maximum Gasteiger partial charge on any atom is 0.314 e. The minimum Gasteiger partial charge on any atom is -0.481 e. The van der Waals surface area contributed by atoms with Crippen molar-refractivity contribution < 1.29 is 14.7 Å². The van der Waals surface area contributed by atoms with E-state index in [2.05, 4.69) is 0 Å². The van der Waals surface area contributed by atoms with Gasteiger partial charge in [0.2, 0.25) is 0 Å². The second-order valence-corrected chi connectivity index (χ2v) is 4.79. The van der Waals surface area contributed by atoms with Crippen LogP contribution in [0.15, 0.2) is 0 Å². The Balaban J connectivity index is 4.40. The van der Waals surface area contributed by atoms with Crippen LogP contribution in [-0.4, -0.2) is 23.4 Å². The van der Waals surface area contributed by atoms with Gasteiger partial charge in [0.05, 0.1) is 0 Å². The molecule has 1 atom stereocenters. The fourth-order valence-electron chi connectivity index (χ4n) is 1.38. The van der Waals surface area contributed by atoms with Crippen LogP contribution in [0.3, 0.4) is 0 Å². The summed E-state index contributed by atoms with van der Waals surface area (Å²) in [4.78, 5) is 22.7. The lowest BCUT2D eigenvalue weighted by atomic mass is 9.81. The van der Waals surface area contributed by atoms with E-state index in [1.807, 2.05) is 0 Å². The van der Waals surface area contributed by atoms with Gasteiger partial charge in [-0.25, -0.2) is 0 Å². The number of carboxylic acids is 1. The van der Waals surface area contributed by atoms with Gasteiger partial charge in [-0.15, -0.1) is 0 Å². The summed E-state index contributed by atoms with van der Waals surface area (Å²) in [7, 11) is 0. The molecule has 0 heterocycles. The molecule has 3 N–H and O–H groups in total. The van der Waals surface area contributed by atoms with Gasteiger partial charge in [0.1, 0.15) is 5.92 Å². The summed E-state index contributed by atoms with van der Waals surface area (Å²) in [5.41, 5.74) is 4.73. The van der Waals surface area contributed by atoms with Crippen LogP contribution in [0.4, 0.5) is 0 Å². The number of carbonyl (C=O) groups excluding carboxylic acids is 1. The van der Waals surface area contributed by atoms with E-state index in [1.54, 1.807) is 20.8 Å². The lowest BCUT2D eigenvalue weighted by molar-refractivity contribution is -0.149. The van der Waals surface area contributed by atoms with Gasteiger partial charge in [0, 0.05) is 5.41 Å². The Hall–Kier alpha value is -0.900. The Morgan fingerprint density at radius 3 is 2.13 bits per heavy atom. The molecule has 4 nitrogen and oxygen atoms in total. The fraction of sp³-hybridized carbons (Fsp3) is 0.818. The predicted molar refractivity (Wildman–Crippen MR) is 58.5 cm³/mol. The van der Waals surface area contributed by atoms with Gasteiger partial charge in [-0.1, -0.05) is 27.2 Å². The third-order valence-electron chi connectivity index (χ3n) is 2.30. The first-order valence-electron chi connectivity index (χ1n) is 5.28. The smallest absolute Gasteiger partial charge is 0.314 e. The van der Waals surface area contributed by atoms with E-state index in [4.69, 9.17) is 10.8 Å². The summed E-state index contributed by atoms with van der Waals surface area (Å²) in [6.45, 7) is 5.77. The molecule has 0 aromatic heterocycles. The number of carboxylic acid groups (broad SMARTS) is 1. The van der Waals surface area contributed by atoms with Gasteiger partial charge < -0.3 is 10.8 Å². The number of ketones is 1. The average Bonchev–Trinajstić information content (AvgIpc) is 2.09. The van der Waals surface area contributed by atoms with Crippen LogP contribution in [0.5, 0.6) is 0 Å². The van der Waals surface area contributed by atoms with Crippen molar-refractivity contribution in [2.75, 3.05) is 6.54 Å². The molecule has 0 radical (unpaired) electrons. The highest BCUT2D eigenvalue weighted by atomic mass is 16.4. The van der Waals surface area contributed by atoms with Gasteiger partial charge in [-0.3, -0.25) is 9.59 Å². The van der Waals surface area contributed by atoms with E-state index in [-0.39, 0.29) is 5.78 Å². The predicted octanol–water partition coefficient (Wildman–Crippen LogP) is 1.43. The molecule has 0 bridgehead atoms. The van der Waals surface area contributed by atoms with Crippen LogP contribution in [-0.2, 0) is 9.59 Å². The summed E-state index contributed by atoms with van der Waals surface area (Å²) >= 11 is 0. The van der Waals surface area contributed by atoms with Crippen LogP contribution in [0.2, 0.25) is 0 Å². The molecule has 0 aliphatic carbocycles. The van der Waals surface area contributed by atoms with Crippen molar-refractivity contribution in [3.63, 3.8) is 0 Å². The van der Waals surface area contributed by atoms with Crippen molar-refractivity contribution in [1.29, 1.82) is 0 Å². The molecule has 4 heteroatoms. The number of aliphatic carboxylic acids is 1. The summed E-state index contributed by atoms with van der Waals surface area (Å²) in [5.74, 6) is -2.10. The Morgan fingerprint density at radius 2 is 1.80 bits per heavy atom. The van der Waals surface area contributed by atoms with Crippen LogP contribution in [0, 0.1) is 11.3 Å². The zero-order chi connectivity index (χ0) is 12.1. The van der Waals surface area contributed by atoms with Gasteiger partial charge in [-0.2, -0.15) is 0 Å². The van der Waals surface area contributed by atoms with Gasteiger partial charge in [-0.05, 0) is 19.4 Å². The molecular weight excluding hydrogens is 194 g/mol. The maximum atomic E-state index is 11.8. The number of carbonyl (C=O) groups is 2. The Bertz CT molecular complexity index is 230. The topological polar surface area (TPSA) is 80.4 Å². The Labute approximate surface area is 90.8 Å². The number of hydrogen-bond acceptors (Lipinski definition) is 3. The second kappa shape index (κ2) is 5.85. The van der Waals surface area contributed by atoms with Crippen molar-refractivity contribution in [2.45, 2.75) is 40.0 Å². The van der Waals surface area contributed by atoms with Crippen molar-refractivity contribution in [1.82, 2.24) is 0 Å². The molecule has 0 fully saturated rings. The van der Waals surface area contributed by atoms with E-state index < -0.39 is 17.3 Å². The number of unbranched alkanes of at least 4 members (excludes halogenated alkanes) is 1. The molecule has 0 aromatic rings. The summed E-state index contributed by atoms with van der Waals surface area (Å²) in [5, 5.41) is 8.95. The molecule has 0 aromatic carbocycles. The van der Waals surface area contributed by atoms with Gasteiger partial charge in [0.15, 0.2) is 5.78 Å². The highest BCUT2D eigenvalue weighted by Crippen LogP contribution is 2.23. The zero-order valence-electron chi connectivity index (χ0n) is 9.75. The summed E-state index contributed by atoms with van der Waals surface area (Å²) < 4.78 is 0. The van der Waals surface area contributed by atoms with Crippen molar-refractivity contribution >= 4 is 11.8 Å². The molecule has 0 spiro atoms. The molecule has 88 valence electrons. The van der Waals surface area contributed by atoms with Crippen LogP contribution in [0.1, 0.15) is 40.0 Å². The van der Waals surface area contributed by atoms with E-state index in [9.17, 15) is 9.59 Å². The molecule has 0 aliphatic heterocycles. The molecule has 0 aliphatic rings. The van der Waals surface area contributed by atoms with Crippen molar-refractivity contribution in [3.8, 4) is 0 Å². The lowest BCUT2D eigenvalue weighted by Gasteiger charge is -2.21. The number of nitrogens with two attached hydrogens (primary N) is 1. The highest BCUT2D eigenvalue weighted by Gasteiger charge is 2.33. The quantitative estimate of drug-likeness (QED) is 0.519.